The lowest BCUT2D eigenvalue weighted by Gasteiger charge is -2.23. The summed E-state index contributed by atoms with van der Waals surface area (Å²) in [6.45, 7) is 2.63. The Hall–Kier alpha value is -2.01. The van der Waals surface area contributed by atoms with Crippen LogP contribution in [0.3, 0.4) is 0 Å². The van der Waals surface area contributed by atoms with Crippen LogP contribution in [0.4, 0.5) is 0 Å². The van der Waals surface area contributed by atoms with Gasteiger partial charge in [0.1, 0.15) is 0 Å². The number of nitrogens with zero attached hydrogens (tertiary/aromatic N) is 2. The molecule has 2 saturated heterocycles. The molecule has 0 spiro atoms. The maximum Gasteiger partial charge on any atom is 0.235 e. The van der Waals surface area contributed by atoms with Gasteiger partial charge in [-0.15, -0.1) is 0 Å². The molecule has 0 unspecified atom stereocenters. The minimum Gasteiger partial charge on any atom is -0.295 e. The first kappa shape index (κ1) is 13.9. The molecule has 2 heterocycles. The van der Waals surface area contributed by atoms with Gasteiger partial charge in [0.2, 0.25) is 11.8 Å². The SMILES string of the molecule is CCN1C(=O)[C@H]2[C@H](CN(C)[C@H]2C(=O)c2ccccc2)C1=O. The van der Waals surface area contributed by atoms with Gasteiger partial charge in [-0.25, -0.2) is 0 Å². The second-order valence-corrected chi connectivity index (χ2v) is 5.67. The van der Waals surface area contributed by atoms with Crippen molar-refractivity contribution in [3.63, 3.8) is 0 Å². The summed E-state index contributed by atoms with van der Waals surface area (Å²) >= 11 is 0. The molecule has 2 aliphatic heterocycles. The maximum atomic E-state index is 12.7. The molecule has 0 saturated carbocycles. The quantitative estimate of drug-likeness (QED) is 0.609. The second-order valence-electron chi connectivity index (χ2n) is 5.67. The minimum absolute atomic E-state index is 0.0790. The van der Waals surface area contributed by atoms with Crippen LogP contribution >= 0.6 is 0 Å². The van der Waals surface area contributed by atoms with Gasteiger partial charge in [0.25, 0.3) is 0 Å². The molecule has 1 aromatic rings. The molecular weight excluding hydrogens is 268 g/mol. The normalized spacial score (nSPS) is 29.0. The molecule has 0 aromatic heterocycles. The van der Waals surface area contributed by atoms with Crippen molar-refractivity contribution in [2.45, 2.75) is 13.0 Å². The number of carbonyl (C=O) groups is 3. The van der Waals surface area contributed by atoms with Crippen molar-refractivity contribution in [2.75, 3.05) is 20.1 Å². The smallest absolute Gasteiger partial charge is 0.235 e. The van der Waals surface area contributed by atoms with E-state index in [2.05, 4.69) is 0 Å². The monoisotopic (exact) mass is 286 g/mol. The third-order valence-electron chi connectivity index (χ3n) is 4.51. The fourth-order valence-corrected chi connectivity index (χ4v) is 3.51. The second kappa shape index (κ2) is 5.07. The number of Topliss-reactive ketones (excluding diaryl/α,β-unsaturated/α-hetero) is 1. The van der Waals surface area contributed by atoms with E-state index in [1.807, 2.05) is 11.0 Å². The van der Waals surface area contributed by atoms with E-state index in [1.54, 1.807) is 38.2 Å². The number of amides is 2. The van der Waals surface area contributed by atoms with E-state index in [0.29, 0.717) is 18.7 Å². The predicted octanol–water partition coefficient (Wildman–Crippen LogP) is 0.804. The molecule has 5 nitrogen and oxygen atoms in total. The Balaban J connectivity index is 1.94. The van der Waals surface area contributed by atoms with Gasteiger partial charge in [-0.3, -0.25) is 24.2 Å². The molecule has 21 heavy (non-hydrogen) atoms. The lowest BCUT2D eigenvalue weighted by atomic mass is 9.88. The number of likely N-dealkylation sites (N-methyl/N-ethyl adjacent to an activating group) is 1. The van der Waals surface area contributed by atoms with Crippen LogP contribution in [-0.4, -0.2) is 53.6 Å². The highest BCUT2D eigenvalue weighted by molar-refractivity contribution is 6.11. The van der Waals surface area contributed by atoms with Gasteiger partial charge in [-0.2, -0.15) is 0 Å². The number of hydrogen-bond donors (Lipinski definition) is 0. The highest BCUT2D eigenvalue weighted by Crippen LogP contribution is 2.38. The van der Waals surface area contributed by atoms with Crippen molar-refractivity contribution >= 4 is 17.6 Å². The van der Waals surface area contributed by atoms with Gasteiger partial charge in [-0.1, -0.05) is 30.3 Å². The largest absolute Gasteiger partial charge is 0.295 e. The van der Waals surface area contributed by atoms with E-state index in [9.17, 15) is 14.4 Å². The topological polar surface area (TPSA) is 57.7 Å². The molecule has 0 N–H and O–H groups in total. The van der Waals surface area contributed by atoms with Crippen LogP contribution in [-0.2, 0) is 9.59 Å². The van der Waals surface area contributed by atoms with E-state index in [1.165, 1.54) is 4.90 Å². The summed E-state index contributed by atoms with van der Waals surface area (Å²) in [5, 5.41) is 0. The Morgan fingerprint density at radius 2 is 1.86 bits per heavy atom. The molecule has 0 aliphatic carbocycles. The Morgan fingerprint density at radius 1 is 1.19 bits per heavy atom. The molecule has 0 radical (unpaired) electrons. The van der Waals surface area contributed by atoms with E-state index >= 15 is 0 Å². The van der Waals surface area contributed by atoms with E-state index in [0.717, 1.165) is 0 Å². The number of fused-ring (bicyclic) bond motifs is 1. The first-order valence-electron chi connectivity index (χ1n) is 7.21. The zero-order chi connectivity index (χ0) is 15.1. The summed E-state index contributed by atoms with van der Waals surface area (Å²) in [4.78, 5) is 40.5. The van der Waals surface area contributed by atoms with Gasteiger partial charge in [-0.05, 0) is 14.0 Å². The van der Waals surface area contributed by atoms with Crippen LogP contribution < -0.4 is 0 Å². The molecule has 5 heteroatoms. The Bertz CT molecular complexity index is 599. The average Bonchev–Trinajstić information content (AvgIpc) is 2.95. The number of rotatable bonds is 3. The van der Waals surface area contributed by atoms with Crippen LogP contribution in [0, 0.1) is 11.8 Å². The highest BCUT2D eigenvalue weighted by Gasteiger charge is 2.58. The van der Waals surface area contributed by atoms with Gasteiger partial charge >= 0.3 is 0 Å². The van der Waals surface area contributed by atoms with E-state index < -0.39 is 12.0 Å². The molecule has 0 bridgehead atoms. The number of likely N-dealkylation sites (tertiary alicyclic amines) is 2. The lowest BCUT2D eigenvalue weighted by Crippen LogP contribution is -2.43. The van der Waals surface area contributed by atoms with Gasteiger partial charge in [0, 0.05) is 18.7 Å². The van der Waals surface area contributed by atoms with Crippen molar-refractivity contribution in [3.8, 4) is 0 Å². The molecule has 2 aliphatic rings. The van der Waals surface area contributed by atoms with Gasteiger partial charge in [0.15, 0.2) is 5.78 Å². The van der Waals surface area contributed by atoms with Crippen LogP contribution in [0.2, 0.25) is 0 Å². The van der Waals surface area contributed by atoms with Crippen LogP contribution in [0.1, 0.15) is 17.3 Å². The van der Waals surface area contributed by atoms with E-state index in [-0.39, 0.29) is 23.5 Å². The summed E-state index contributed by atoms with van der Waals surface area (Å²) in [7, 11) is 1.81. The Morgan fingerprint density at radius 3 is 2.48 bits per heavy atom. The molecule has 3 rings (SSSR count). The van der Waals surface area contributed by atoms with Crippen LogP contribution in [0.25, 0.3) is 0 Å². The van der Waals surface area contributed by atoms with Crippen molar-refractivity contribution < 1.29 is 14.4 Å². The molecule has 2 fully saturated rings. The van der Waals surface area contributed by atoms with E-state index in [4.69, 9.17) is 0 Å². The zero-order valence-corrected chi connectivity index (χ0v) is 12.2. The average molecular weight is 286 g/mol. The molecule has 1 aromatic carbocycles. The number of hydrogen-bond acceptors (Lipinski definition) is 4. The molecule has 2 amide bonds. The predicted molar refractivity (Wildman–Crippen MR) is 76.6 cm³/mol. The van der Waals surface area contributed by atoms with Crippen molar-refractivity contribution in [1.82, 2.24) is 9.80 Å². The lowest BCUT2D eigenvalue weighted by molar-refractivity contribution is -0.140. The summed E-state index contributed by atoms with van der Waals surface area (Å²) in [6.07, 6.45) is 0. The highest BCUT2D eigenvalue weighted by atomic mass is 16.2. The molecule has 3 atom stereocenters. The minimum atomic E-state index is -0.537. The molecule has 110 valence electrons. The summed E-state index contributed by atoms with van der Waals surface area (Å²) < 4.78 is 0. The Kier molecular flexibility index (Phi) is 3.37. The third-order valence-corrected chi connectivity index (χ3v) is 4.51. The fourth-order valence-electron chi connectivity index (χ4n) is 3.51. The molecular formula is C16H18N2O3. The maximum absolute atomic E-state index is 12.7. The van der Waals surface area contributed by atoms with Crippen LogP contribution in [0.15, 0.2) is 30.3 Å². The standard InChI is InChI=1S/C16H18N2O3/c1-3-18-15(20)11-9-17(2)13(12(11)16(18)21)14(19)10-7-5-4-6-8-10/h4-8,11-13H,3,9H2,1-2H3/t11-,12-,13+/m0/s1. The van der Waals surface area contributed by atoms with Crippen molar-refractivity contribution in [1.29, 1.82) is 0 Å². The number of carbonyl (C=O) groups excluding carboxylic acids is 3. The number of imide groups is 1. The van der Waals surface area contributed by atoms with Crippen LogP contribution in [0.5, 0.6) is 0 Å². The fraction of sp³-hybridized carbons (Fsp3) is 0.438. The number of benzene rings is 1. The van der Waals surface area contributed by atoms with Crippen molar-refractivity contribution in [3.05, 3.63) is 35.9 Å². The van der Waals surface area contributed by atoms with Crippen molar-refractivity contribution in [2.24, 2.45) is 11.8 Å². The summed E-state index contributed by atoms with van der Waals surface area (Å²) in [6, 6.07) is 8.43. The van der Waals surface area contributed by atoms with Gasteiger partial charge < -0.3 is 0 Å². The first-order chi connectivity index (χ1) is 10.1. The van der Waals surface area contributed by atoms with Gasteiger partial charge in [0.05, 0.1) is 17.9 Å². The number of ketones is 1. The first-order valence-corrected chi connectivity index (χ1v) is 7.21. The summed E-state index contributed by atoms with van der Waals surface area (Å²) in [5.41, 5.74) is 0.588. The third kappa shape index (κ3) is 2.00. The summed E-state index contributed by atoms with van der Waals surface area (Å²) in [5.74, 6) is -1.33. The zero-order valence-electron chi connectivity index (χ0n) is 12.2. The Labute approximate surface area is 123 Å².